The van der Waals surface area contributed by atoms with Crippen molar-refractivity contribution in [1.29, 1.82) is 0 Å². The van der Waals surface area contributed by atoms with Crippen molar-refractivity contribution in [3.63, 3.8) is 0 Å². The molecule has 0 aliphatic rings. The molecule has 0 aliphatic heterocycles. The quantitative estimate of drug-likeness (QED) is 0.555. The molecule has 2 aromatic rings. The molecule has 2 rings (SSSR count). The fourth-order valence-corrected chi connectivity index (χ4v) is 5.42. The van der Waals surface area contributed by atoms with Gasteiger partial charge in [0.25, 0.3) is 25.6 Å². The first kappa shape index (κ1) is 16.8. The average Bonchev–Trinajstić information content (AvgIpc) is 2.38. The molecule has 0 saturated heterocycles. The number of sulfonamides is 2. The Morgan fingerprint density at radius 2 is 1.64 bits per heavy atom. The average molecular weight is 363 g/mol. The molecule has 0 spiro atoms. The van der Waals surface area contributed by atoms with Gasteiger partial charge in [0.2, 0.25) is 0 Å². The number of hydrogen-bond donors (Lipinski definition) is 0. The van der Waals surface area contributed by atoms with Crippen molar-refractivity contribution in [1.82, 2.24) is 9.66 Å². The summed E-state index contributed by atoms with van der Waals surface area (Å²) in [5.74, 6) is 0. The van der Waals surface area contributed by atoms with Gasteiger partial charge < -0.3 is 0 Å². The fraction of sp³-hybridized carbons (Fsp3) is 0.273. The fourth-order valence-electron chi connectivity index (χ4n) is 1.92. The van der Waals surface area contributed by atoms with Gasteiger partial charge in [-0.25, -0.2) is 21.8 Å². The van der Waals surface area contributed by atoms with E-state index in [4.69, 9.17) is 0 Å². The van der Waals surface area contributed by atoms with Crippen LogP contribution in [0.25, 0.3) is 10.9 Å². The third kappa shape index (κ3) is 2.96. The third-order valence-corrected chi connectivity index (χ3v) is 6.35. The zero-order valence-electron chi connectivity index (χ0n) is 11.9. The number of rotatable bonds is 4. The predicted molar refractivity (Wildman–Crippen MR) is 85.7 cm³/mol. The highest BCUT2D eigenvalue weighted by Crippen LogP contribution is 2.17. The van der Waals surface area contributed by atoms with Crippen LogP contribution >= 0.6 is 11.8 Å². The van der Waals surface area contributed by atoms with Crippen molar-refractivity contribution >= 4 is 42.7 Å². The molecule has 22 heavy (non-hydrogen) atoms. The van der Waals surface area contributed by atoms with E-state index in [0.717, 1.165) is 11.8 Å². The second kappa shape index (κ2) is 5.56. The van der Waals surface area contributed by atoms with E-state index in [1.807, 2.05) is 0 Å². The van der Waals surface area contributed by atoms with Gasteiger partial charge in [0.15, 0.2) is 5.16 Å². The Kier molecular flexibility index (Phi) is 4.24. The number of benzene rings is 1. The Bertz CT molecular complexity index is 963. The summed E-state index contributed by atoms with van der Waals surface area (Å²) in [7, 11) is -8.49. The molecule has 0 atom stereocenters. The van der Waals surface area contributed by atoms with Crippen molar-refractivity contribution in [2.75, 3.05) is 22.6 Å². The maximum atomic E-state index is 12.6. The molecule has 120 valence electrons. The zero-order chi connectivity index (χ0) is 16.7. The Hall–Kier alpha value is -1.59. The van der Waals surface area contributed by atoms with Crippen LogP contribution in [0.3, 0.4) is 0 Å². The number of thioether (sulfide) groups is 1. The summed E-state index contributed by atoms with van der Waals surface area (Å²) in [5.41, 5.74) is -0.416. The van der Waals surface area contributed by atoms with E-state index in [-0.39, 0.29) is 14.4 Å². The van der Waals surface area contributed by atoms with Crippen LogP contribution in [0, 0.1) is 0 Å². The maximum Gasteiger partial charge on any atom is 0.282 e. The zero-order valence-corrected chi connectivity index (χ0v) is 14.4. The van der Waals surface area contributed by atoms with Crippen molar-refractivity contribution < 1.29 is 16.8 Å². The lowest BCUT2D eigenvalue weighted by atomic mass is 10.2. The molecule has 8 nitrogen and oxygen atoms in total. The van der Waals surface area contributed by atoms with E-state index in [1.54, 1.807) is 24.5 Å². The van der Waals surface area contributed by atoms with Gasteiger partial charge in [-0.3, -0.25) is 4.79 Å². The van der Waals surface area contributed by atoms with E-state index in [1.165, 1.54) is 6.07 Å². The van der Waals surface area contributed by atoms with Gasteiger partial charge in [-0.1, -0.05) is 27.7 Å². The molecule has 0 amide bonds. The van der Waals surface area contributed by atoms with Gasteiger partial charge in [-0.15, -0.1) is 0 Å². The Morgan fingerprint density at radius 3 is 2.14 bits per heavy atom. The number of nitrogens with zero attached hydrogens (tertiary/aromatic N) is 3. The molecule has 0 bridgehead atoms. The summed E-state index contributed by atoms with van der Waals surface area (Å²) in [6.45, 7) is 0. The second-order valence-corrected chi connectivity index (χ2v) is 9.06. The number of hydrogen-bond acceptors (Lipinski definition) is 7. The van der Waals surface area contributed by atoms with Crippen LogP contribution < -0.4 is 9.38 Å². The maximum absolute atomic E-state index is 12.6. The molecule has 0 saturated carbocycles. The van der Waals surface area contributed by atoms with Crippen LogP contribution in [0.15, 0.2) is 34.2 Å². The van der Waals surface area contributed by atoms with Crippen molar-refractivity contribution in [2.24, 2.45) is 0 Å². The van der Waals surface area contributed by atoms with Gasteiger partial charge in [0, 0.05) is 0 Å². The normalized spacial score (nSPS) is 12.5. The Morgan fingerprint density at radius 1 is 1.09 bits per heavy atom. The second-order valence-electron chi connectivity index (χ2n) is 4.44. The summed E-state index contributed by atoms with van der Waals surface area (Å²) in [4.78, 5) is 16.7. The third-order valence-electron chi connectivity index (χ3n) is 2.64. The summed E-state index contributed by atoms with van der Waals surface area (Å²) < 4.78 is 48.2. The first-order valence-electron chi connectivity index (χ1n) is 5.84. The lowest BCUT2D eigenvalue weighted by Crippen LogP contribution is -2.50. The van der Waals surface area contributed by atoms with Gasteiger partial charge >= 0.3 is 0 Å². The van der Waals surface area contributed by atoms with Crippen LogP contribution in [0.4, 0.5) is 0 Å². The lowest BCUT2D eigenvalue weighted by molar-refractivity contribution is 0.562. The highest BCUT2D eigenvalue weighted by atomic mass is 32.3. The van der Waals surface area contributed by atoms with E-state index in [0.29, 0.717) is 22.7 Å². The van der Waals surface area contributed by atoms with Gasteiger partial charge in [-0.2, -0.15) is 4.68 Å². The highest BCUT2D eigenvalue weighted by molar-refractivity contribution is 8.09. The van der Waals surface area contributed by atoms with Crippen LogP contribution in [-0.2, 0) is 20.0 Å². The molecule has 0 N–H and O–H groups in total. The molecule has 11 heteroatoms. The predicted octanol–water partition coefficient (Wildman–Crippen LogP) is -0.0244. The Balaban J connectivity index is 3.01. The Labute approximate surface area is 131 Å². The minimum atomic E-state index is -4.24. The van der Waals surface area contributed by atoms with E-state index in [9.17, 15) is 21.6 Å². The van der Waals surface area contributed by atoms with Gasteiger partial charge in [0.05, 0.1) is 23.4 Å². The van der Waals surface area contributed by atoms with E-state index in [2.05, 4.69) is 4.98 Å². The molecule has 0 fully saturated rings. The van der Waals surface area contributed by atoms with E-state index >= 15 is 0 Å². The van der Waals surface area contributed by atoms with Gasteiger partial charge in [-0.05, 0) is 18.4 Å². The van der Waals surface area contributed by atoms with Crippen molar-refractivity contribution in [3.8, 4) is 0 Å². The standard InChI is InChI=1S/C11H13N3O5S3/c1-20-11-12-9-7-5-4-6-8(9)10(15)13(11)14(21(2,16)17)22(3,18)19/h4-7H,1-3H3. The molecule has 0 aliphatic carbocycles. The summed E-state index contributed by atoms with van der Waals surface area (Å²) in [6.07, 6.45) is 2.98. The largest absolute Gasteiger partial charge is 0.282 e. The first-order chi connectivity index (χ1) is 10.1. The van der Waals surface area contributed by atoms with Crippen molar-refractivity contribution in [3.05, 3.63) is 34.6 Å². The SMILES string of the molecule is CSc1nc2ccccc2c(=O)n1N(S(C)(=O)=O)S(C)(=O)=O. The van der Waals surface area contributed by atoms with Crippen LogP contribution in [0.2, 0.25) is 0 Å². The summed E-state index contributed by atoms with van der Waals surface area (Å²) in [6, 6.07) is 6.30. The minimum Gasteiger partial charge on any atom is -0.267 e. The number of aromatic nitrogens is 2. The molecular formula is C11H13N3O5S3. The molecule has 1 aromatic heterocycles. The van der Waals surface area contributed by atoms with Crippen LogP contribution in [0.5, 0.6) is 0 Å². The van der Waals surface area contributed by atoms with E-state index < -0.39 is 25.6 Å². The molecule has 1 aromatic carbocycles. The van der Waals surface area contributed by atoms with Crippen molar-refractivity contribution in [2.45, 2.75) is 5.16 Å². The lowest BCUT2D eigenvalue weighted by Gasteiger charge is -2.23. The summed E-state index contributed by atoms with van der Waals surface area (Å²) >= 11 is 0.966. The molecule has 0 unspecified atom stereocenters. The number of fused-ring (bicyclic) bond motifs is 1. The number of para-hydroxylation sites is 1. The summed E-state index contributed by atoms with van der Waals surface area (Å²) in [5, 5.41) is 0.0807. The highest BCUT2D eigenvalue weighted by Gasteiger charge is 2.31. The molecular weight excluding hydrogens is 350 g/mol. The van der Waals surface area contributed by atoms with Gasteiger partial charge in [0.1, 0.15) is 0 Å². The minimum absolute atomic E-state index is 0.0421. The molecule has 1 heterocycles. The van der Waals surface area contributed by atoms with Crippen LogP contribution in [0.1, 0.15) is 0 Å². The first-order valence-corrected chi connectivity index (χ1v) is 10.8. The monoisotopic (exact) mass is 363 g/mol. The van der Waals surface area contributed by atoms with Crippen LogP contribution in [-0.4, -0.2) is 45.3 Å². The molecule has 0 radical (unpaired) electrons. The topological polar surface area (TPSA) is 106 Å². The smallest absolute Gasteiger partial charge is 0.267 e.